The maximum absolute atomic E-state index is 12.8. The zero-order valence-corrected chi connectivity index (χ0v) is 16.4. The smallest absolute Gasteiger partial charge is 0.416 e. The standard InChI is InChI=1S/C22H24F3N3O/c1-3-5-15(2)29-20-7-4-6-19(12-20)26-13-17-14-27-28-21(17)16-8-10-18(11-9-16)22(23,24)25/h4,6-12,14-15,26H,3,5,13H2,1-2H3,(H,27,28). The summed E-state index contributed by atoms with van der Waals surface area (Å²) in [4.78, 5) is 0. The van der Waals surface area contributed by atoms with Crippen molar-refractivity contribution in [3.8, 4) is 17.0 Å². The van der Waals surface area contributed by atoms with Gasteiger partial charge in [0.05, 0.1) is 23.6 Å². The fourth-order valence-corrected chi connectivity index (χ4v) is 3.10. The Hall–Kier alpha value is -2.96. The van der Waals surface area contributed by atoms with Crippen LogP contribution >= 0.6 is 0 Å². The van der Waals surface area contributed by atoms with Gasteiger partial charge in [-0.3, -0.25) is 5.10 Å². The molecular formula is C22H24F3N3O. The van der Waals surface area contributed by atoms with E-state index in [0.717, 1.165) is 42.0 Å². The van der Waals surface area contributed by atoms with E-state index in [2.05, 4.69) is 22.4 Å². The fraction of sp³-hybridized carbons (Fsp3) is 0.318. The summed E-state index contributed by atoms with van der Waals surface area (Å²) in [5.41, 5.74) is 2.42. The van der Waals surface area contributed by atoms with Crippen molar-refractivity contribution in [2.75, 3.05) is 5.32 Å². The Morgan fingerprint density at radius 1 is 1.14 bits per heavy atom. The minimum absolute atomic E-state index is 0.149. The predicted molar refractivity (Wildman–Crippen MR) is 108 cm³/mol. The average Bonchev–Trinajstić information content (AvgIpc) is 3.15. The van der Waals surface area contributed by atoms with E-state index < -0.39 is 11.7 Å². The van der Waals surface area contributed by atoms with Crippen molar-refractivity contribution < 1.29 is 17.9 Å². The van der Waals surface area contributed by atoms with Gasteiger partial charge >= 0.3 is 6.18 Å². The average molecular weight is 403 g/mol. The molecule has 0 aliphatic rings. The Balaban J connectivity index is 1.68. The molecule has 0 bridgehead atoms. The highest BCUT2D eigenvalue weighted by Gasteiger charge is 2.30. The van der Waals surface area contributed by atoms with Gasteiger partial charge in [-0.05, 0) is 43.2 Å². The molecule has 29 heavy (non-hydrogen) atoms. The molecule has 1 aromatic heterocycles. The number of anilines is 1. The summed E-state index contributed by atoms with van der Waals surface area (Å²) in [5, 5.41) is 10.2. The Morgan fingerprint density at radius 2 is 1.90 bits per heavy atom. The summed E-state index contributed by atoms with van der Waals surface area (Å²) in [6.07, 6.45) is -0.479. The highest BCUT2D eigenvalue weighted by molar-refractivity contribution is 5.63. The second kappa shape index (κ2) is 9.03. The van der Waals surface area contributed by atoms with Crippen molar-refractivity contribution >= 4 is 5.69 Å². The van der Waals surface area contributed by atoms with Gasteiger partial charge in [0.2, 0.25) is 0 Å². The minimum Gasteiger partial charge on any atom is -0.491 e. The molecule has 3 aromatic rings. The molecule has 0 aliphatic heterocycles. The van der Waals surface area contributed by atoms with Crippen LogP contribution in [0.25, 0.3) is 11.3 Å². The number of ether oxygens (including phenoxy) is 1. The molecule has 0 aliphatic carbocycles. The van der Waals surface area contributed by atoms with E-state index in [1.807, 2.05) is 31.2 Å². The number of nitrogens with one attached hydrogen (secondary N) is 2. The molecule has 3 rings (SSSR count). The molecule has 4 nitrogen and oxygen atoms in total. The van der Waals surface area contributed by atoms with E-state index in [9.17, 15) is 13.2 Å². The second-order valence-corrected chi connectivity index (χ2v) is 6.94. The van der Waals surface area contributed by atoms with Crippen molar-refractivity contribution in [2.24, 2.45) is 0 Å². The first-order chi connectivity index (χ1) is 13.9. The fourth-order valence-electron chi connectivity index (χ4n) is 3.10. The quantitative estimate of drug-likeness (QED) is 0.466. The molecule has 2 N–H and O–H groups in total. The topological polar surface area (TPSA) is 49.9 Å². The summed E-state index contributed by atoms with van der Waals surface area (Å²) in [5.74, 6) is 0.797. The van der Waals surface area contributed by atoms with Crippen LogP contribution in [0.3, 0.4) is 0 Å². The highest BCUT2D eigenvalue weighted by Crippen LogP contribution is 2.31. The van der Waals surface area contributed by atoms with E-state index >= 15 is 0 Å². The number of alkyl halides is 3. The summed E-state index contributed by atoms with van der Waals surface area (Å²) < 4.78 is 44.2. The lowest BCUT2D eigenvalue weighted by Crippen LogP contribution is -2.11. The molecule has 0 radical (unpaired) electrons. The van der Waals surface area contributed by atoms with Crippen molar-refractivity contribution in [3.05, 3.63) is 65.9 Å². The molecule has 154 valence electrons. The number of hydrogen-bond donors (Lipinski definition) is 2. The first kappa shape index (κ1) is 20.8. The van der Waals surface area contributed by atoms with Gasteiger partial charge in [0.1, 0.15) is 5.75 Å². The van der Waals surface area contributed by atoms with Gasteiger partial charge in [0, 0.05) is 23.9 Å². The normalized spacial score (nSPS) is 12.6. The third kappa shape index (κ3) is 5.53. The van der Waals surface area contributed by atoms with Gasteiger partial charge in [-0.25, -0.2) is 0 Å². The molecule has 0 spiro atoms. The van der Waals surface area contributed by atoms with Crippen molar-refractivity contribution in [2.45, 2.75) is 45.5 Å². The lowest BCUT2D eigenvalue weighted by Gasteiger charge is -2.15. The largest absolute Gasteiger partial charge is 0.491 e. The number of nitrogens with zero attached hydrogens (tertiary/aromatic N) is 1. The molecule has 0 saturated carbocycles. The first-order valence-electron chi connectivity index (χ1n) is 9.57. The molecule has 0 amide bonds. The Morgan fingerprint density at radius 3 is 2.59 bits per heavy atom. The maximum atomic E-state index is 12.8. The van der Waals surface area contributed by atoms with E-state index in [-0.39, 0.29) is 6.10 Å². The van der Waals surface area contributed by atoms with Crippen LogP contribution in [0, 0.1) is 0 Å². The van der Waals surface area contributed by atoms with E-state index in [1.165, 1.54) is 12.1 Å². The lowest BCUT2D eigenvalue weighted by atomic mass is 10.1. The van der Waals surface area contributed by atoms with Crippen LogP contribution in [-0.2, 0) is 12.7 Å². The van der Waals surface area contributed by atoms with Crippen LogP contribution in [0.2, 0.25) is 0 Å². The Kier molecular flexibility index (Phi) is 6.46. The minimum atomic E-state index is -4.35. The van der Waals surface area contributed by atoms with Gasteiger partial charge in [0.25, 0.3) is 0 Å². The Bertz CT molecular complexity index is 920. The van der Waals surface area contributed by atoms with E-state index in [4.69, 9.17) is 4.74 Å². The zero-order valence-electron chi connectivity index (χ0n) is 16.4. The van der Waals surface area contributed by atoms with Gasteiger partial charge in [-0.15, -0.1) is 0 Å². The SMILES string of the molecule is CCCC(C)Oc1cccc(NCc2cn[nH]c2-c2ccc(C(F)(F)F)cc2)c1. The number of hydrogen-bond acceptors (Lipinski definition) is 3. The lowest BCUT2D eigenvalue weighted by molar-refractivity contribution is -0.137. The number of aromatic amines is 1. The predicted octanol–water partition coefficient (Wildman–Crippen LogP) is 6.28. The van der Waals surface area contributed by atoms with Gasteiger partial charge < -0.3 is 10.1 Å². The second-order valence-electron chi connectivity index (χ2n) is 6.94. The molecule has 1 atom stereocenters. The monoisotopic (exact) mass is 403 g/mol. The van der Waals surface area contributed by atoms with Crippen LogP contribution < -0.4 is 10.1 Å². The molecule has 1 heterocycles. The Labute approximate surface area is 168 Å². The molecule has 1 unspecified atom stereocenters. The third-order valence-electron chi connectivity index (χ3n) is 4.57. The number of rotatable bonds is 8. The summed E-state index contributed by atoms with van der Waals surface area (Å²) in [6.45, 7) is 4.64. The zero-order chi connectivity index (χ0) is 20.9. The molecule has 2 aromatic carbocycles. The van der Waals surface area contributed by atoms with E-state index in [0.29, 0.717) is 17.8 Å². The number of benzene rings is 2. The van der Waals surface area contributed by atoms with Crippen LogP contribution in [0.15, 0.2) is 54.7 Å². The van der Waals surface area contributed by atoms with Gasteiger partial charge in [-0.2, -0.15) is 18.3 Å². The summed E-state index contributed by atoms with van der Waals surface area (Å²) in [7, 11) is 0. The molecule has 7 heteroatoms. The number of aromatic nitrogens is 2. The van der Waals surface area contributed by atoms with Crippen molar-refractivity contribution in [1.29, 1.82) is 0 Å². The van der Waals surface area contributed by atoms with Crippen LogP contribution in [0.4, 0.5) is 18.9 Å². The highest BCUT2D eigenvalue weighted by atomic mass is 19.4. The third-order valence-corrected chi connectivity index (χ3v) is 4.57. The molecular weight excluding hydrogens is 379 g/mol. The molecule has 0 saturated heterocycles. The molecule has 0 fully saturated rings. The number of H-pyrrole nitrogens is 1. The van der Waals surface area contributed by atoms with E-state index in [1.54, 1.807) is 6.20 Å². The van der Waals surface area contributed by atoms with Crippen LogP contribution in [-0.4, -0.2) is 16.3 Å². The summed E-state index contributed by atoms with van der Waals surface area (Å²) >= 11 is 0. The first-order valence-corrected chi connectivity index (χ1v) is 9.57. The maximum Gasteiger partial charge on any atom is 0.416 e. The van der Waals surface area contributed by atoms with Crippen molar-refractivity contribution in [1.82, 2.24) is 10.2 Å². The summed E-state index contributed by atoms with van der Waals surface area (Å²) in [6, 6.07) is 12.8. The van der Waals surface area contributed by atoms with Crippen LogP contribution in [0.1, 0.15) is 37.8 Å². The van der Waals surface area contributed by atoms with Crippen LogP contribution in [0.5, 0.6) is 5.75 Å². The van der Waals surface area contributed by atoms with Gasteiger partial charge in [0.15, 0.2) is 0 Å². The van der Waals surface area contributed by atoms with Gasteiger partial charge in [-0.1, -0.05) is 31.5 Å². The van der Waals surface area contributed by atoms with Crippen molar-refractivity contribution in [3.63, 3.8) is 0 Å². The number of halogens is 3.